The van der Waals surface area contributed by atoms with Crippen molar-refractivity contribution in [1.82, 2.24) is 14.7 Å². The molecule has 1 aliphatic rings. The van der Waals surface area contributed by atoms with Crippen LogP contribution in [0.1, 0.15) is 5.69 Å². The topological polar surface area (TPSA) is 30.3 Å². The summed E-state index contributed by atoms with van der Waals surface area (Å²) in [7, 11) is 0. The summed E-state index contributed by atoms with van der Waals surface area (Å²) in [5, 5.41) is 5.44. The summed E-state index contributed by atoms with van der Waals surface area (Å²) in [6.45, 7) is 2.98. The average molecular weight is 416 g/mol. The molecule has 0 spiro atoms. The Morgan fingerprint density at radius 2 is 1.75 bits per heavy atom. The number of nitrogens with zero attached hydrogens (tertiary/aromatic N) is 3. The molecule has 0 radical (unpaired) electrons. The third-order valence-corrected chi connectivity index (χ3v) is 5.37. The highest BCUT2D eigenvalue weighted by Crippen LogP contribution is 2.27. The quantitative estimate of drug-likeness (QED) is 0.585. The van der Waals surface area contributed by atoms with Crippen LogP contribution in [-0.4, -0.2) is 46.0 Å². The lowest BCUT2D eigenvalue weighted by molar-refractivity contribution is 0.0684. The third kappa shape index (κ3) is 4.24. The van der Waals surface area contributed by atoms with Crippen molar-refractivity contribution in [3.05, 3.63) is 71.3 Å². The predicted molar refractivity (Wildman–Crippen MR) is 113 cm³/mol. The maximum Gasteiger partial charge on any atom is 0.123 e. The summed E-state index contributed by atoms with van der Waals surface area (Å²) in [5.74, 6) is -0.275. The van der Waals surface area contributed by atoms with Gasteiger partial charge in [-0.25, -0.2) is 9.07 Å². The Morgan fingerprint density at radius 1 is 1.07 bits per heavy atom. The number of morpholine rings is 1. The fraction of sp³-hybridized carbons (Fsp3) is 0.238. The van der Waals surface area contributed by atoms with Crippen LogP contribution in [0, 0.1) is 5.82 Å². The zero-order chi connectivity index (χ0) is 19.5. The number of benzene rings is 2. The molecule has 0 bridgehead atoms. The third-order valence-electron chi connectivity index (χ3n) is 4.72. The van der Waals surface area contributed by atoms with E-state index >= 15 is 0 Å². The molecule has 0 aliphatic carbocycles. The Balaban J connectivity index is 1.68. The van der Waals surface area contributed by atoms with Gasteiger partial charge in [0.25, 0.3) is 0 Å². The summed E-state index contributed by atoms with van der Waals surface area (Å²) in [4.78, 5) is 3.02. The van der Waals surface area contributed by atoms with Crippen LogP contribution < -0.4 is 0 Å². The van der Waals surface area contributed by atoms with Gasteiger partial charge < -0.3 is 9.64 Å². The number of thiocarbonyl (C=S) groups is 1. The number of rotatable bonds is 4. The molecule has 7 heteroatoms. The molecule has 0 unspecified atom stereocenters. The summed E-state index contributed by atoms with van der Waals surface area (Å²) in [5.41, 5.74) is 3.66. The molecule has 1 aromatic heterocycles. The zero-order valence-corrected chi connectivity index (χ0v) is 16.7. The zero-order valence-electron chi connectivity index (χ0n) is 15.1. The van der Waals surface area contributed by atoms with Gasteiger partial charge in [-0.05, 0) is 42.0 Å². The molecule has 0 N–H and O–H groups in total. The van der Waals surface area contributed by atoms with Gasteiger partial charge in [0, 0.05) is 36.3 Å². The molecule has 2 heterocycles. The molecule has 0 amide bonds. The maximum absolute atomic E-state index is 13.3. The van der Waals surface area contributed by atoms with Gasteiger partial charge in [0.2, 0.25) is 0 Å². The van der Waals surface area contributed by atoms with Crippen molar-refractivity contribution in [3.63, 3.8) is 0 Å². The second-order valence-electron chi connectivity index (χ2n) is 6.59. The van der Waals surface area contributed by atoms with E-state index in [0.717, 1.165) is 40.6 Å². The molecule has 0 saturated carbocycles. The van der Waals surface area contributed by atoms with Gasteiger partial charge in [0.15, 0.2) is 0 Å². The number of hydrogen-bond acceptors (Lipinski definition) is 3. The summed E-state index contributed by atoms with van der Waals surface area (Å²) >= 11 is 11.7. The summed E-state index contributed by atoms with van der Waals surface area (Å²) < 4.78 is 20.5. The van der Waals surface area contributed by atoms with Crippen LogP contribution in [-0.2, 0) is 11.2 Å². The highest BCUT2D eigenvalue weighted by atomic mass is 35.5. The molecule has 1 aliphatic heterocycles. The first-order valence-electron chi connectivity index (χ1n) is 9.06. The molecule has 0 atom stereocenters. The molecule has 1 fully saturated rings. The first-order valence-corrected chi connectivity index (χ1v) is 9.85. The van der Waals surface area contributed by atoms with Crippen LogP contribution in [0.2, 0.25) is 5.02 Å². The van der Waals surface area contributed by atoms with Crippen molar-refractivity contribution < 1.29 is 9.13 Å². The molecule has 4 rings (SSSR count). The standard InChI is InChI=1S/C21H19ClFN3OS/c22-16-3-1-15(2-4-16)19-14-26(18-7-5-17(23)6-8-18)24-20(19)13-21(28)25-9-11-27-12-10-25/h1-8,14H,9-13H2. The van der Waals surface area contributed by atoms with Crippen LogP contribution in [0.5, 0.6) is 0 Å². The van der Waals surface area contributed by atoms with Gasteiger partial charge in [-0.15, -0.1) is 0 Å². The van der Waals surface area contributed by atoms with E-state index in [2.05, 4.69) is 4.90 Å². The molecule has 3 aromatic rings. The Labute approximate surface area is 173 Å². The van der Waals surface area contributed by atoms with E-state index in [-0.39, 0.29) is 5.82 Å². The minimum absolute atomic E-state index is 0.275. The molecule has 2 aromatic carbocycles. The van der Waals surface area contributed by atoms with Gasteiger partial charge in [-0.2, -0.15) is 5.10 Å². The molecular weight excluding hydrogens is 397 g/mol. The Morgan fingerprint density at radius 3 is 2.43 bits per heavy atom. The lowest BCUT2D eigenvalue weighted by Crippen LogP contribution is -2.40. The van der Waals surface area contributed by atoms with E-state index in [4.69, 9.17) is 33.7 Å². The fourth-order valence-electron chi connectivity index (χ4n) is 3.20. The SMILES string of the molecule is Fc1ccc(-n2cc(-c3ccc(Cl)cc3)c(CC(=S)N3CCOCC3)n2)cc1. The van der Waals surface area contributed by atoms with Crippen molar-refractivity contribution in [2.45, 2.75) is 6.42 Å². The normalized spacial score (nSPS) is 14.3. The Bertz CT molecular complexity index is 966. The minimum Gasteiger partial charge on any atom is -0.378 e. The van der Waals surface area contributed by atoms with E-state index < -0.39 is 0 Å². The Kier molecular flexibility index (Phi) is 5.71. The number of ether oxygens (including phenoxy) is 1. The fourth-order valence-corrected chi connectivity index (χ4v) is 3.65. The molecular formula is C21H19ClFN3OS. The number of hydrogen-bond donors (Lipinski definition) is 0. The van der Waals surface area contributed by atoms with Crippen LogP contribution in [0.15, 0.2) is 54.7 Å². The number of aromatic nitrogens is 2. The lowest BCUT2D eigenvalue weighted by Gasteiger charge is -2.29. The monoisotopic (exact) mass is 415 g/mol. The lowest BCUT2D eigenvalue weighted by atomic mass is 10.0. The second kappa shape index (κ2) is 8.39. The van der Waals surface area contributed by atoms with Gasteiger partial charge in [-0.3, -0.25) is 0 Å². The summed E-state index contributed by atoms with van der Waals surface area (Å²) in [6.07, 6.45) is 2.51. The average Bonchev–Trinajstić information content (AvgIpc) is 3.13. The minimum atomic E-state index is -0.275. The molecule has 28 heavy (non-hydrogen) atoms. The van der Waals surface area contributed by atoms with Gasteiger partial charge in [-0.1, -0.05) is 36.0 Å². The van der Waals surface area contributed by atoms with E-state index in [0.29, 0.717) is 24.7 Å². The van der Waals surface area contributed by atoms with Crippen LogP contribution >= 0.6 is 23.8 Å². The van der Waals surface area contributed by atoms with Crippen molar-refractivity contribution in [1.29, 1.82) is 0 Å². The van der Waals surface area contributed by atoms with Crippen molar-refractivity contribution in [3.8, 4) is 16.8 Å². The molecule has 1 saturated heterocycles. The maximum atomic E-state index is 13.3. The van der Waals surface area contributed by atoms with Crippen LogP contribution in [0.4, 0.5) is 4.39 Å². The highest BCUT2D eigenvalue weighted by Gasteiger charge is 2.19. The second-order valence-corrected chi connectivity index (χ2v) is 7.49. The van der Waals surface area contributed by atoms with Crippen LogP contribution in [0.25, 0.3) is 16.8 Å². The summed E-state index contributed by atoms with van der Waals surface area (Å²) in [6, 6.07) is 13.9. The largest absolute Gasteiger partial charge is 0.378 e. The first-order chi connectivity index (χ1) is 13.6. The van der Waals surface area contributed by atoms with Gasteiger partial charge >= 0.3 is 0 Å². The predicted octanol–water partition coefficient (Wildman–Crippen LogP) is 4.53. The number of halogens is 2. The molecule has 144 valence electrons. The van der Waals surface area contributed by atoms with Crippen molar-refractivity contribution >= 4 is 28.8 Å². The Hall–Kier alpha value is -2.28. The van der Waals surface area contributed by atoms with E-state index in [9.17, 15) is 4.39 Å². The first kappa shape index (κ1) is 19.1. The van der Waals surface area contributed by atoms with E-state index in [1.807, 2.05) is 30.5 Å². The highest BCUT2D eigenvalue weighted by molar-refractivity contribution is 7.80. The van der Waals surface area contributed by atoms with Crippen molar-refractivity contribution in [2.24, 2.45) is 0 Å². The van der Waals surface area contributed by atoms with Crippen LogP contribution in [0.3, 0.4) is 0 Å². The van der Waals surface area contributed by atoms with Gasteiger partial charge in [0.05, 0.1) is 29.6 Å². The van der Waals surface area contributed by atoms with E-state index in [1.54, 1.807) is 16.8 Å². The van der Waals surface area contributed by atoms with Gasteiger partial charge in [0.1, 0.15) is 5.82 Å². The van der Waals surface area contributed by atoms with Crippen molar-refractivity contribution in [2.75, 3.05) is 26.3 Å². The smallest absolute Gasteiger partial charge is 0.123 e. The molecule has 4 nitrogen and oxygen atoms in total. The van der Waals surface area contributed by atoms with E-state index in [1.165, 1.54) is 12.1 Å².